The van der Waals surface area contributed by atoms with E-state index in [1.54, 1.807) is 11.6 Å². The van der Waals surface area contributed by atoms with Crippen LogP contribution in [0.25, 0.3) is 17.1 Å². The second kappa shape index (κ2) is 11.1. The molecule has 0 aliphatic carbocycles. The van der Waals surface area contributed by atoms with Gasteiger partial charge in [-0.1, -0.05) is 40.7 Å². The number of aromatic nitrogens is 2. The van der Waals surface area contributed by atoms with Crippen LogP contribution in [0.4, 0.5) is 0 Å². The minimum atomic E-state index is -0.583. The fourth-order valence-electron chi connectivity index (χ4n) is 3.28. The number of hydroxylamine groups is 1. The standard InChI is InChI=1S/C23H35N5O3/c1-6-27(7-2)14-15-28-19-10-8-17(9-11-21(29)26-31)16-18(19)25-20(28)12-13-24-22(30)23(3,4)5/h8-11,16,31H,6-7,12-15H2,1-5H3,(H,24,30)(H,26,29). The molecule has 0 spiro atoms. The molecule has 0 unspecified atom stereocenters. The van der Waals surface area contributed by atoms with Crippen LogP contribution in [0.15, 0.2) is 24.3 Å². The van der Waals surface area contributed by atoms with Crippen LogP contribution in [0, 0.1) is 5.41 Å². The van der Waals surface area contributed by atoms with Crippen LogP contribution in [-0.2, 0) is 22.6 Å². The Morgan fingerprint density at radius 2 is 1.94 bits per heavy atom. The van der Waals surface area contributed by atoms with Gasteiger partial charge in [0, 0.05) is 37.5 Å². The smallest absolute Gasteiger partial charge is 0.267 e. The molecule has 3 N–H and O–H groups in total. The second-order valence-electron chi connectivity index (χ2n) is 8.52. The van der Waals surface area contributed by atoms with Crippen LogP contribution < -0.4 is 10.8 Å². The Kier molecular flexibility index (Phi) is 8.76. The molecule has 0 aliphatic heterocycles. The molecule has 170 valence electrons. The molecular weight excluding hydrogens is 394 g/mol. The molecule has 0 saturated carbocycles. The van der Waals surface area contributed by atoms with E-state index in [9.17, 15) is 9.59 Å². The number of hydrogen-bond donors (Lipinski definition) is 3. The zero-order valence-corrected chi connectivity index (χ0v) is 19.2. The van der Waals surface area contributed by atoms with Gasteiger partial charge in [0.25, 0.3) is 5.91 Å². The normalized spacial score (nSPS) is 12.1. The molecule has 0 fully saturated rings. The van der Waals surface area contributed by atoms with Crippen molar-refractivity contribution in [3.63, 3.8) is 0 Å². The van der Waals surface area contributed by atoms with Gasteiger partial charge in [-0.3, -0.25) is 14.8 Å². The monoisotopic (exact) mass is 429 g/mol. The van der Waals surface area contributed by atoms with E-state index in [2.05, 4.69) is 28.6 Å². The van der Waals surface area contributed by atoms with Crippen molar-refractivity contribution in [2.24, 2.45) is 5.41 Å². The quantitative estimate of drug-likeness (QED) is 0.306. The molecule has 0 bridgehead atoms. The molecule has 8 heteroatoms. The van der Waals surface area contributed by atoms with Gasteiger partial charge >= 0.3 is 0 Å². The van der Waals surface area contributed by atoms with Crippen molar-refractivity contribution in [1.29, 1.82) is 0 Å². The number of rotatable bonds is 10. The molecule has 1 heterocycles. The zero-order chi connectivity index (χ0) is 23.0. The van der Waals surface area contributed by atoms with Crippen molar-refractivity contribution >= 4 is 28.9 Å². The van der Waals surface area contributed by atoms with Gasteiger partial charge in [0.1, 0.15) is 5.82 Å². The highest BCUT2D eigenvalue weighted by Gasteiger charge is 2.21. The van der Waals surface area contributed by atoms with Crippen molar-refractivity contribution < 1.29 is 14.8 Å². The summed E-state index contributed by atoms with van der Waals surface area (Å²) in [6.45, 7) is 14.2. The van der Waals surface area contributed by atoms with Crippen molar-refractivity contribution in [3.8, 4) is 0 Å². The van der Waals surface area contributed by atoms with Gasteiger partial charge < -0.3 is 14.8 Å². The molecule has 2 amide bonds. The van der Waals surface area contributed by atoms with E-state index < -0.39 is 11.3 Å². The van der Waals surface area contributed by atoms with Crippen molar-refractivity contribution in [1.82, 2.24) is 25.2 Å². The summed E-state index contributed by atoms with van der Waals surface area (Å²) in [7, 11) is 0. The first-order chi connectivity index (χ1) is 14.7. The Labute approximate surface area is 184 Å². The fraction of sp³-hybridized carbons (Fsp3) is 0.522. The first-order valence-corrected chi connectivity index (χ1v) is 10.8. The Balaban J connectivity index is 2.28. The lowest BCUT2D eigenvalue weighted by Gasteiger charge is -2.20. The Bertz CT molecular complexity index is 923. The summed E-state index contributed by atoms with van der Waals surface area (Å²) in [5.74, 6) is 0.360. The average Bonchev–Trinajstić information content (AvgIpc) is 3.08. The number of carbonyl (C=O) groups is 2. The van der Waals surface area contributed by atoms with E-state index in [0.29, 0.717) is 13.0 Å². The molecule has 1 aromatic heterocycles. The molecule has 2 aromatic rings. The maximum absolute atomic E-state index is 12.2. The number of nitrogens with zero attached hydrogens (tertiary/aromatic N) is 3. The number of likely N-dealkylation sites (N-methyl/N-ethyl adjacent to an activating group) is 1. The predicted octanol–water partition coefficient (Wildman–Crippen LogP) is 2.60. The van der Waals surface area contributed by atoms with Gasteiger partial charge in [0.15, 0.2) is 0 Å². The molecule has 2 rings (SSSR count). The molecule has 0 saturated heterocycles. The lowest BCUT2D eigenvalue weighted by molar-refractivity contribution is -0.128. The van der Waals surface area contributed by atoms with Crippen molar-refractivity contribution in [2.75, 3.05) is 26.2 Å². The predicted molar refractivity (Wildman–Crippen MR) is 123 cm³/mol. The number of carbonyl (C=O) groups excluding carboxylic acids is 2. The molecule has 1 aromatic carbocycles. The van der Waals surface area contributed by atoms with E-state index >= 15 is 0 Å². The van der Waals surface area contributed by atoms with Crippen LogP contribution in [0.1, 0.15) is 46.0 Å². The van der Waals surface area contributed by atoms with Gasteiger partial charge in [-0.05, 0) is 36.9 Å². The van der Waals surface area contributed by atoms with E-state index in [1.807, 2.05) is 39.0 Å². The number of benzene rings is 1. The highest BCUT2D eigenvalue weighted by molar-refractivity contribution is 5.91. The summed E-state index contributed by atoms with van der Waals surface area (Å²) in [4.78, 5) is 30.6. The number of hydrogen-bond acceptors (Lipinski definition) is 5. The van der Waals surface area contributed by atoms with Gasteiger partial charge in [-0.15, -0.1) is 0 Å². The molecule has 0 aliphatic rings. The maximum atomic E-state index is 12.2. The number of fused-ring (bicyclic) bond motifs is 1. The Hall–Kier alpha value is -2.71. The van der Waals surface area contributed by atoms with Crippen molar-refractivity contribution in [3.05, 3.63) is 35.7 Å². The molecule has 8 nitrogen and oxygen atoms in total. The minimum absolute atomic E-state index is 0.0212. The third-order valence-corrected chi connectivity index (χ3v) is 5.24. The second-order valence-corrected chi connectivity index (χ2v) is 8.52. The van der Waals surface area contributed by atoms with Gasteiger partial charge in [-0.2, -0.15) is 0 Å². The SMILES string of the molecule is CCN(CC)CCn1c(CCNC(=O)C(C)(C)C)nc2cc(C=CC(=O)NO)ccc21. The summed E-state index contributed by atoms with van der Waals surface area (Å²) in [6.07, 6.45) is 3.53. The van der Waals surface area contributed by atoms with E-state index in [-0.39, 0.29) is 5.91 Å². The zero-order valence-electron chi connectivity index (χ0n) is 19.2. The third-order valence-electron chi connectivity index (χ3n) is 5.24. The maximum Gasteiger partial charge on any atom is 0.267 e. The number of nitrogens with one attached hydrogen (secondary N) is 2. The van der Waals surface area contributed by atoms with Gasteiger partial charge in [-0.25, -0.2) is 10.5 Å². The van der Waals surface area contributed by atoms with Crippen LogP contribution in [-0.4, -0.2) is 57.7 Å². The summed E-state index contributed by atoms with van der Waals surface area (Å²) in [5.41, 5.74) is 3.83. The summed E-state index contributed by atoms with van der Waals surface area (Å²) < 4.78 is 2.21. The first-order valence-electron chi connectivity index (χ1n) is 10.8. The first kappa shape index (κ1) is 24.6. The van der Waals surface area contributed by atoms with E-state index in [1.165, 1.54) is 6.08 Å². The number of imidazole rings is 1. The van der Waals surface area contributed by atoms with E-state index in [4.69, 9.17) is 10.2 Å². The molecule has 31 heavy (non-hydrogen) atoms. The number of amides is 2. The Morgan fingerprint density at radius 1 is 1.23 bits per heavy atom. The Morgan fingerprint density at radius 3 is 2.55 bits per heavy atom. The average molecular weight is 430 g/mol. The lowest BCUT2D eigenvalue weighted by Crippen LogP contribution is -2.36. The highest BCUT2D eigenvalue weighted by Crippen LogP contribution is 2.20. The lowest BCUT2D eigenvalue weighted by atomic mass is 9.96. The molecule has 0 radical (unpaired) electrons. The van der Waals surface area contributed by atoms with Gasteiger partial charge in [0.2, 0.25) is 5.91 Å². The summed E-state index contributed by atoms with van der Waals surface area (Å²) >= 11 is 0. The van der Waals surface area contributed by atoms with Crippen molar-refractivity contribution in [2.45, 2.75) is 47.6 Å². The van der Waals surface area contributed by atoms with Crippen LogP contribution in [0.2, 0.25) is 0 Å². The van der Waals surface area contributed by atoms with Crippen LogP contribution >= 0.6 is 0 Å². The third kappa shape index (κ3) is 6.90. The highest BCUT2D eigenvalue weighted by atomic mass is 16.5. The van der Waals surface area contributed by atoms with Gasteiger partial charge in [0.05, 0.1) is 11.0 Å². The molecular formula is C23H35N5O3. The summed E-state index contributed by atoms with van der Waals surface area (Å²) in [5, 5.41) is 11.6. The van der Waals surface area contributed by atoms with Crippen LogP contribution in [0.3, 0.4) is 0 Å². The largest absolute Gasteiger partial charge is 0.355 e. The molecule has 0 atom stereocenters. The topological polar surface area (TPSA) is 99.5 Å². The van der Waals surface area contributed by atoms with Crippen LogP contribution in [0.5, 0.6) is 0 Å². The minimum Gasteiger partial charge on any atom is -0.355 e. The summed E-state index contributed by atoms with van der Waals surface area (Å²) in [6, 6.07) is 5.84. The van der Waals surface area contributed by atoms with E-state index in [0.717, 1.165) is 48.6 Å². The fourth-order valence-corrected chi connectivity index (χ4v) is 3.28.